The van der Waals surface area contributed by atoms with E-state index in [-0.39, 0.29) is 12.5 Å². The Morgan fingerprint density at radius 3 is 3.05 bits per heavy atom. The van der Waals surface area contributed by atoms with Gasteiger partial charge in [0.2, 0.25) is 0 Å². The standard InChI is InChI=1S/C15H17NO2S2/c1-15(18,11-5-6-19-8-11)9-16-14(17)13-7-10-3-2-4-12(10)20-13/h5-8,18H,2-4,9H2,1H3,(H,16,17). The summed E-state index contributed by atoms with van der Waals surface area (Å²) < 4.78 is 0. The molecular weight excluding hydrogens is 290 g/mol. The van der Waals surface area contributed by atoms with Gasteiger partial charge in [-0.05, 0) is 60.2 Å². The van der Waals surface area contributed by atoms with Crippen LogP contribution in [0.5, 0.6) is 0 Å². The van der Waals surface area contributed by atoms with Crippen LogP contribution in [0, 0.1) is 0 Å². The van der Waals surface area contributed by atoms with Gasteiger partial charge < -0.3 is 10.4 Å². The molecule has 3 rings (SSSR count). The van der Waals surface area contributed by atoms with E-state index in [2.05, 4.69) is 5.32 Å². The third kappa shape index (κ3) is 2.66. The van der Waals surface area contributed by atoms with Crippen molar-refractivity contribution in [1.82, 2.24) is 5.32 Å². The fourth-order valence-electron chi connectivity index (χ4n) is 2.45. The molecule has 1 amide bonds. The Labute approximate surface area is 126 Å². The van der Waals surface area contributed by atoms with Gasteiger partial charge in [-0.3, -0.25) is 4.79 Å². The Hall–Kier alpha value is -1.17. The summed E-state index contributed by atoms with van der Waals surface area (Å²) in [6, 6.07) is 3.89. The number of carbonyl (C=O) groups excluding carboxylic acids is 1. The van der Waals surface area contributed by atoms with Crippen molar-refractivity contribution in [2.75, 3.05) is 6.54 Å². The predicted molar refractivity (Wildman–Crippen MR) is 82.6 cm³/mol. The number of nitrogens with one attached hydrogen (secondary N) is 1. The summed E-state index contributed by atoms with van der Waals surface area (Å²) in [5, 5.41) is 17.1. The fraction of sp³-hybridized carbons (Fsp3) is 0.400. The van der Waals surface area contributed by atoms with Crippen molar-refractivity contribution in [2.45, 2.75) is 31.8 Å². The molecule has 20 heavy (non-hydrogen) atoms. The third-order valence-electron chi connectivity index (χ3n) is 3.71. The van der Waals surface area contributed by atoms with E-state index < -0.39 is 5.60 Å². The Bertz CT molecular complexity index is 592. The number of aryl methyl sites for hydroxylation is 2. The second-order valence-corrected chi connectivity index (χ2v) is 7.30. The molecule has 5 heteroatoms. The zero-order valence-corrected chi connectivity index (χ0v) is 12.9. The molecule has 106 valence electrons. The Balaban J connectivity index is 1.64. The van der Waals surface area contributed by atoms with E-state index in [1.807, 2.05) is 22.9 Å². The van der Waals surface area contributed by atoms with E-state index in [9.17, 15) is 9.90 Å². The molecule has 0 bridgehead atoms. The normalized spacial score (nSPS) is 16.7. The van der Waals surface area contributed by atoms with Crippen LogP contribution in [0.2, 0.25) is 0 Å². The first-order chi connectivity index (χ1) is 9.56. The van der Waals surface area contributed by atoms with E-state index in [0.29, 0.717) is 0 Å². The lowest BCUT2D eigenvalue weighted by Crippen LogP contribution is -2.38. The summed E-state index contributed by atoms with van der Waals surface area (Å²) in [6.45, 7) is 1.95. The van der Waals surface area contributed by atoms with E-state index in [4.69, 9.17) is 0 Å². The second-order valence-electron chi connectivity index (χ2n) is 5.38. The van der Waals surface area contributed by atoms with Crippen molar-refractivity contribution < 1.29 is 9.90 Å². The molecule has 1 unspecified atom stereocenters. The maximum Gasteiger partial charge on any atom is 0.261 e. The molecule has 0 radical (unpaired) electrons. The van der Waals surface area contributed by atoms with Gasteiger partial charge in [0.15, 0.2) is 0 Å². The van der Waals surface area contributed by atoms with Crippen LogP contribution in [0.1, 0.15) is 39.0 Å². The average molecular weight is 307 g/mol. The molecule has 3 nitrogen and oxygen atoms in total. The number of hydrogen-bond donors (Lipinski definition) is 2. The first-order valence-electron chi connectivity index (χ1n) is 6.71. The van der Waals surface area contributed by atoms with E-state index in [0.717, 1.165) is 23.3 Å². The second kappa shape index (κ2) is 5.31. The number of aliphatic hydroxyl groups is 1. The number of thiophene rings is 2. The Morgan fingerprint density at radius 1 is 1.50 bits per heavy atom. The van der Waals surface area contributed by atoms with E-state index >= 15 is 0 Å². The SMILES string of the molecule is CC(O)(CNC(=O)c1cc2c(s1)CCC2)c1ccsc1. The summed E-state index contributed by atoms with van der Waals surface area (Å²) in [6.07, 6.45) is 3.39. The minimum Gasteiger partial charge on any atom is -0.384 e. The van der Waals surface area contributed by atoms with Crippen molar-refractivity contribution in [1.29, 1.82) is 0 Å². The predicted octanol–water partition coefficient (Wildman–Crippen LogP) is 2.94. The smallest absolute Gasteiger partial charge is 0.261 e. The average Bonchev–Trinajstić information content (AvgIpc) is 3.10. The van der Waals surface area contributed by atoms with Crippen molar-refractivity contribution in [3.63, 3.8) is 0 Å². The third-order valence-corrected chi connectivity index (χ3v) is 5.63. The molecule has 0 aromatic carbocycles. The molecule has 1 atom stereocenters. The van der Waals surface area contributed by atoms with Crippen LogP contribution in [-0.4, -0.2) is 17.6 Å². The van der Waals surface area contributed by atoms with Crippen molar-refractivity contribution in [2.24, 2.45) is 0 Å². The quantitative estimate of drug-likeness (QED) is 0.912. The lowest BCUT2D eigenvalue weighted by Gasteiger charge is -2.22. The largest absolute Gasteiger partial charge is 0.384 e. The van der Waals surface area contributed by atoms with E-state index in [1.54, 1.807) is 29.6 Å². The maximum atomic E-state index is 12.2. The summed E-state index contributed by atoms with van der Waals surface area (Å²) >= 11 is 3.13. The van der Waals surface area contributed by atoms with E-state index in [1.165, 1.54) is 16.9 Å². The van der Waals surface area contributed by atoms with Crippen molar-refractivity contribution >= 4 is 28.6 Å². The number of rotatable bonds is 4. The molecule has 2 aromatic rings. The zero-order chi connectivity index (χ0) is 14.2. The molecule has 0 saturated carbocycles. The topological polar surface area (TPSA) is 49.3 Å². The molecule has 0 aliphatic heterocycles. The first-order valence-corrected chi connectivity index (χ1v) is 8.47. The molecule has 1 aliphatic carbocycles. The zero-order valence-electron chi connectivity index (χ0n) is 11.3. The summed E-state index contributed by atoms with van der Waals surface area (Å²) in [5.41, 5.74) is 1.15. The van der Waals surface area contributed by atoms with Gasteiger partial charge in [-0.25, -0.2) is 0 Å². The molecule has 0 saturated heterocycles. The Morgan fingerprint density at radius 2 is 2.35 bits per heavy atom. The first kappa shape index (κ1) is 13.8. The van der Waals surface area contributed by atoms with Gasteiger partial charge in [0.05, 0.1) is 11.4 Å². The summed E-state index contributed by atoms with van der Waals surface area (Å²) in [5.74, 6) is -0.0834. The lowest BCUT2D eigenvalue weighted by atomic mass is 9.99. The highest BCUT2D eigenvalue weighted by Gasteiger charge is 2.25. The van der Waals surface area contributed by atoms with Crippen LogP contribution in [0.25, 0.3) is 0 Å². The summed E-state index contributed by atoms with van der Waals surface area (Å²) in [7, 11) is 0. The minimum absolute atomic E-state index is 0.0834. The van der Waals surface area contributed by atoms with Crippen LogP contribution in [-0.2, 0) is 18.4 Å². The van der Waals surface area contributed by atoms with Gasteiger partial charge >= 0.3 is 0 Å². The monoisotopic (exact) mass is 307 g/mol. The van der Waals surface area contributed by atoms with Gasteiger partial charge in [-0.15, -0.1) is 11.3 Å². The summed E-state index contributed by atoms with van der Waals surface area (Å²) in [4.78, 5) is 14.3. The number of hydrogen-bond acceptors (Lipinski definition) is 4. The van der Waals surface area contributed by atoms with Crippen LogP contribution < -0.4 is 5.32 Å². The molecule has 2 N–H and O–H groups in total. The molecule has 1 aliphatic rings. The van der Waals surface area contributed by atoms with Crippen LogP contribution in [0.4, 0.5) is 0 Å². The number of fused-ring (bicyclic) bond motifs is 1. The number of carbonyl (C=O) groups is 1. The molecule has 2 heterocycles. The highest BCUT2D eigenvalue weighted by molar-refractivity contribution is 7.14. The highest BCUT2D eigenvalue weighted by atomic mass is 32.1. The molecular formula is C15H17NO2S2. The van der Waals surface area contributed by atoms with Gasteiger partial charge in [-0.1, -0.05) is 0 Å². The Kier molecular flexibility index (Phi) is 3.67. The molecule has 2 aromatic heterocycles. The maximum absolute atomic E-state index is 12.2. The lowest BCUT2D eigenvalue weighted by molar-refractivity contribution is 0.0531. The highest BCUT2D eigenvalue weighted by Crippen LogP contribution is 2.30. The van der Waals surface area contributed by atoms with Gasteiger partial charge in [0.25, 0.3) is 5.91 Å². The van der Waals surface area contributed by atoms with Crippen molar-refractivity contribution in [3.05, 3.63) is 43.8 Å². The van der Waals surface area contributed by atoms with Crippen LogP contribution >= 0.6 is 22.7 Å². The van der Waals surface area contributed by atoms with Crippen LogP contribution in [0.3, 0.4) is 0 Å². The molecule has 0 spiro atoms. The minimum atomic E-state index is -1.02. The fourth-order valence-corrected chi connectivity index (χ4v) is 4.41. The van der Waals surface area contributed by atoms with Gasteiger partial charge in [0.1, 0.15) is 5.60 Å². The number of amides is 1. The van der Waals surface area contributed by atoms with Gasteiger partial charge in [0, 0.05) is 4.88 Å². The van der Waals surface area contributed by atoms with Crippen molar-refractivity contribution in [3.8, 4) is 0 Å². The molecule has 0 fully saturated rings. The van der Waals surface area contributed by atoms with Gasteiger partial charge in [-0.2, -0.15) is 11.3 Å². The van der Waals surface area contributed by atoms with Crippen LogP contribution in [0.15, 0.2) is 22.9 Å².